The number of aryl methyl sites for hydroxylation is 1. The minimum absolute atomic E-state index is 0.186. The first-order valence-electron chi connectivity index (χ1n) is 12.2. The molecule has 1 aromatic carbocycles. The molecule has 0 radical (unpaired) electrons. The second-order valence-electron chi connectivity index (χ2n) is 9.22. The first kappa shape index (κ1) is 22.3. The summed E-state index contributed by atoms with van der Waals surface area (Å²) in [5.74, 6) is -0.266. The van der Waals surface area contributed by atoms with E-state index < -0.39 is 5.95 Å². The molecule has 0 atom stereocenters. The number of hydrogen-bond acceptors (Lipinski definition) is 7. The fourth-order valence-corrected chi connectivity index (χ4v) is 5.04. The highest BCUT2D eigenvalue weighted by molar-refractivity contribution is 5.76. The zero-order valence-corrected chi connectivity index (χ0v) is 19.9. The molecule has 6 rings (SSSR count). The minimum Gasteiger partial charge on any atom is -0.351 e. The van der Waals surface area contributed by atoms with Gasteiger partial charge in [0.05, 0.1) is 23.5 Å². The van der Waals surface area contributed by atoms with Gasteiger partial charge in [-0.05, 0) is 30.4 Å². The zero-order valence-electron chi connectivity index (χ0n) is 19.9. The topological polar surface area (TPSA) is 118 Å². The van der Waals surface area contributed by atoms with E-state index in [2.05, 4.69) is 60.1 Å². The highest BCUT2D eigenvalue weighted by Gasteiger charge is 2.27. The Hall–Kier alpha value is -4.15. The number of benzene rings is 1. The van der Waals surface area contributed by atoms with Gasteiger partial charge in [-0.25, -0.2) is 14.6 Å². The van der Waals surface area contributed by atoms with Crippen molar-refractivity contribution in [2.75, 3.05) is 11.9 Å². The highest BCUT2D eigenvalue weighted by atomic mass is 19.1. The number of aromatic amines is 1. The standard InChI is InChI=1S/C25H26FN9O/c1-2-19-23(17-11-27-25(28-12-17)29-18-9-15-5-3-4-6-16(15)10-18)24(26)35(32-19)14-22(36)34-8-7-20-21(13-34)31-33-30-20/h3-6,11-12,18H,2,7-10,13-14H2,1H3,(H,27,28,29)(H,30,31,33). The van der Waals surface area contributed by atoms with E-state index in [1.807, 2.05) is 6.92 Å². The SMILES string of the molecule is CCc1nn(CC(=O)N2CCc3n[nH]nc3C2)c(F)c1-c1cnc(NC2Cc3ccccc3C2)nc1. The molecule has 4 aromatic rings. The van der Waals surface area contributed by atoms with Gasteiger partial charge in [0.15, 0.2) is 0 Å². The van der Waals surface area contributed by atoms with Gasteiger partial charge < -0.3 is 10.2 Å². The number of fused-ring (bicyclic) bond motifs is 2. The second-order valence-corrected chi connectivity index (χ2v) is 9.22. The Morgan fingerprint density at radius 2 is 1.86 bits per heavy atom. The van der Waals surface area contributed by atoms with Gasteiger partial charge in [0.1, 0.15) is 12.2 Å². The number of halogens is 1. The molecule has 0 spiro atoms. The lowest BCUT2D eigenvalue weighted by Gasteiger charge is -2.25. The van der Waals surface area contributed by atoms with Crippen LogP contribution in [0.15, 0.2) is 36.7 Å². The van der Waals surface area contributed by atoms with Gasteiger partial charge in [-0.1, -0.05) is 31.2 Å². The van der Waals surface area contributed by atoms with Crippen molar-refractivity contribution in [3.8, 4) is 11.1 Å². The fraction of sp³-hybridized carbons (Fsp3) is 0.360. The normalized spacial score (nSPS) is 15.1. The van der Waals surface area contributed by atoms with Crippen LogP contribution in [0.5, 0.6) is 0 Å². The maximum atomic E-state index is 15.5. The number of H-pyrrole nitrogens is 1. The molecule has 0 saturated carbocycles. The predicted octanol–water partition coefficient (Wildman–Crippen LogP) is 2.32. The molecule has 36 heavy (non-hydrogen) atoms. The molecule has 4 heterocycles. The minimum atomic E-state index is -0.560. The first-order valence-corrected chi connectivity index (χ1v) is 12.2. The summed E-state index contributed by atoms with van der Waals surface area (Å²) in [5.41, 5.74) is 5.74. The average Bonchev–Trinajstić information content (AvgIpc) is 3.61. The molecule has 184 valence electrons. The lowest BCUT2D eigenvalue weighted by molar-refractivity contribution is -0.133. The summed E-state index contributed by atoms with van der Waals surface area (Å²) >= 11 is 0. The fourth-order valence-electron chi connectivity index (χ4n) is 5.04. The molecule has 1 aliphatic heterocycles. The van der Waals surface area contributed by atoms with E-state index in [0.29, 0.717) is 48.7 Å². The van der Waals surface area contributed by atoms with Crippen LogP contribution in [0.4, 0.5) is 10.3 Å². The van der Waals surface area contributed by atoms with Crippen LogP contribution in [0.3, 0.4) is 0 Å². The second kappa shape index (κ2) is 9.14. The van der Waals surface area contributed by atoms with Gasteiger partial charge in [-0.2, -0.15) is 24.9 Å². The largest absolute Gasteiger partial charge is 0.351 e. The summed E-state index contributed by atoms with van der Waals surface area (Å²) in [6.45, 7) is 2.59. The summed E-state index contributed by atoms with van der Waals surface area (Å²) in [6.07, 6.45) is 6.20. The van der Waals surface area contributed by atoms with Crippen LogP contribution in [0, 0.1) is 5.95 Å². The molecule has 11 heteroatoms. The zero-order chi connectivity index (χ0) is 24.6. The maximum absolute atomic E-state index is 15.5. The van der Waals surface area contributed by atoms with Crippen LogP contribution in [-0.4, -0.2) is 58.6 Å². The Bertz CT molecular complexity index is 1390. The smallest absolute Gasteiger partial charge is 0.244 e. The lowest BCUT2D eigenvalue weighted by Crippen LogP contribution is -2.38. The summed E-state index contributed by atoms with van der Waals surface area (Å²) in [4.78, 5) is 23.4. The van der Waals surface area contributed by atoms with Crippen LogP contribution in [-0.2, 0) is 43.6 Å². The van der Waals surface area contributed by atoms with Gasteiger partial charge in [-0.3, -0.25) is 4.79 Å². The van der Waals surface area contributed by atoms with Crippen molar-refractivity contribution in [1.82, 2.24) is 40.1 Å². The molecule has 2 aliphatic rings. The van der Waals surface area contributed by atoms with Gasteiger partial charge in [0, 0.05) is 37.0 Å². The van der Waals surface area contributed by atoms with Crippen molar-refractivity contribution in [1.29, 1.82) is 0 Å². The highest BCUT2D eigenvalue weighted by Crippen LogP contribution is 2.28. The number of nitrogens with zero attached hydrogens (tertiary/aromatic N) is 7. The van der Waals surface area contributed by atoms with Crippen LogP contribution < -0.4 is 5.32 Å². The Balaban J connectivity index is 1.16. The molecule has 0 fully saturated rings. The number of nitrogens with one attached hydrogen (secondary N) is 2. The van der Waals surface area contributed by atoms with E-state index in [9.17, 15) is 4.79 Å². The van der Waals surface area contributed by atoms with Crippen molar-refractivity contribution in [3.63, 3.8) is 0 Å². The van der Waals surface area contributed by atoms with E-state index in [1.165, 1.54) is 11.1 Å². The molecule has 1 amide bonds. The molecule has 1 aliphatic carbocycles. The third-order valence-corrected chi connectivity index (χ3v) is 6.92. The monoisotopic (exact) mass is 487 g/mol. The Labute approximate surface area is 207 Å². The number of carbonyl (C=O) groups excluding carboxylic acids is 1. The molecule has 3 aromatic heterocycles. The van der Waals surface area contributed by atoms with Crippen molar-refractivity contribution in [3.05, 3.63) is 70.8 Å². The summed E-state index contributed by atoms with van der Waals surface area (Å²) in [6, 6.07) is 8.64. The number of carbonyl (C=O) groups is 1. The summed E-state index contributed by atoms with van der Waals surface area (Å²) < 4.78 is 16.6. The van der Waals surface area contributed by atoms with E-state index in [0.717, 1.165) is 28.9 Å². The molecule has 0 bridgehead atoms. The molecule has 10 nitrogen and oxygen atoms in total. The van der Waals surface area contributed by atoms with Gasteiger partial charge in [0.25, 0.3) is 0 Å². The summed E-state index contributed by atoms with van der Waals surface area (Å²) in [7, 11) is 0. The van der Waals surface area contributed by atoms with E-state index in [1.54, 1.807) is 17.3 Å². The number of amides is 1. The van der Waals surface area contributed by atoms with Crippen molar-refractivity contribution in [2.24, 2.45) is 0 Å². The van der Waals surface area contributed by atoms with Gasteiger partial charge >= 0.3 is 0 Å². The summed E-state index contributed by atoms with van der Waals surface area (Å²) in [5, 5.41) is 18.5. The third kappa shape index (κ3) is 4.10. The molecule has 0 saturated heterocycles. The lowest BCUT2D eigenvalue weighted by atomic mass is 10.1. The van der Waals surface area contributed by atoms with Crippen LogP contribution in [0.2, 0.25) is 0 Å². The van der Waals surface area contributed by atoms with E-state index in [4.69, 9.17) is 0 Å². The Morgan fingerprint density at radius 1 is 1.14 bits per heavy atom. The third-order valence-electron chi connectivity index (χ3n) is 6.92. The molecular formula is C25H26FN9O. The van der Waals surface area contributed by atoms with Crippen LogP contribution >= 0.6 is 0 Å². The van der Waals surface area contributed by atoms with Crippen LogP contribution in [0.25, 0.3) is 11.1 Å². The number of anilines is 1. The first-order chi connectivity index (χ1) is 17.6. The molecular weight excluding hydrogens is 461 g/mol. The predicted molar refractivity (Wildman–Crippen MR) is 129 cm³/mol. The van der Waals surface area contributed by atoms with Crippen molar-refractivity contribution in [2.45, 2.75) is 51.7 Å². The van der Waals surface area contributed by atoms with E-state index >= 15 is 4.39 Å². The number of hydrogen-bond donors (Lipinski definition) is 2. The quantitative estimate of drug-likeness (QED) is 0.429. The Kier molecular flexibility index (Phi) is 5.67. The van der Waals surface area contributed by atoms with Crippen molar-refractivity contribution >= 4 is 11.9 Å². The average molecular weight is 488 g/mol. The number of rotatable bonds is 6. The van der Waals surface area contributed by atoms with Crippen molar-refractivity contribution < 1.29 is 9.18 Å². The van der Waals surface area contributed by atoms with Gasteiger partial charge in [-0.15, -0.1) is 0 Å². The maximum Gasteiger partial charge on any atom is 0.244 e. The molecule has 2 N–H and O–H groups in total. The Morgan fingerprint density at radius 3 is 2.58 bits per heavy atom. The van der Waals surface area contributed by atoms with E-state index in [-0.39, 0.29) is 18.5 Å². The van der Waals surface area contributed by atoms with Gasteiger partial charge in [0.2, 0.25) is 17.8 Å². The molecule has 0 unspecified atom stereocenters. The number of aromatic nitrogens is 7. The van der Waals surface area contributed by atoms with Crippen LogP contribution in [0.1, 0.15) is 35.1 Å².